The van der Waals surface area contributed by atoms with Crippen LogP contribution in [0.4, 0.5) is 0 Å². The van der Waals surface area contributed by atoms with Crippen molar-refractivity contribution in [1.82, 2.24) is 10.3 Å². The number of aromatic nitrogens is 1. The third kappa shape index (κ3) is 1.58. The SMILES string of the molecule is O=C1NC(OCCCl)c2ncccc21. The van der Waals surface area contributed by atoms with Gasteiger partial charge in [-0.3, -0.25) is 9.78 Å². The molecule has 0 aliphatic carbocycles. The van der Waals surface area contributed by atoms with Crippen LogP contribution in [0, 0.1) is 0 Å². The summed E-state index contributed by atoms with van der Waals surface area (Å²) in [6.45, 7) is 0.391. The van der Waals surface area contributed by atoms with Crippen LogP contribution >= 0.6 is 11.6 Å². The molecule has 0 saturated heterocycles. The van der Waals surface area contributed by atoms with E-state index in [0.717, 1.165) is 0 Å². The summed E-state index contributed by atoms with van der Waals surface area (Å²) in [5, 5.41) is 2.67. The lowest BCUT2D eigenvalue weighted by molar-refractivity contribution is 0.0407. The van der Waals surface area contributed by atoms with Gasteiger partial charge in [0.15, 0.2) is 6.23 Å². The molecule has 1 amide bonds. The Morgan fingerprint density at radius 1 is 1.64 bits per heavy atom. The summed E-state index contributed by atoms with van der Waals surface area (Å²) in [4.78, 5) is 15.5. The summed E-state index contributed by atoms with van der Waals surface area (Å²) < 4.78 is 5.32. The number of fused-ring (bicyclic) bond motifs is 1. The van der Waals surface area contributed by atoms with Crippen molar-refractivity contribution >= 4 is 17.5 Å². The van der Waals surface area contributed by atoms with Crippen molar-refractivity contribution in [3.05, 3.63) is 29.6 Å². The molecule has 1 aliphatic heterocycles. The molecule has 1 atom stereocenters. The van der Waals surface area contributed by atoms with Crippen LogP contribution in [0.2, 0.25) is 0 Å². The smallest absolute Gasteiger partial charge is 0.255 e. The van der Waals surface area contributed by atoms with Crippen LogP contribution in [0.1, 0.15) is 22.3 Å². The maximum Gasteiger partial charge on any atom is 0.255 e. The van der Waals surface area contributed by atoms with E-state index < -0.39 is 6.23 Å². The maximum atomic E-state index is 11.4. The Morgan fingerprint density at radius 2 is 2.50 bits per heavy atom. The number of rotatable bonds is 3. The molecule has 5 heteroatoms. The Bertz CT molecular complexity index is 356. The molecular formula is C9H9ClN2O2. The Kier molecular flexibility index (Phi) is 2.65. The fourth-order valence-electron chi connectivity index (χ4n) is 1.37. The maximum absolute atomic E-state index is 11.4. The topological polar surface area (TPSA) is 51.2 Å². The van der Waals surface area contributed by atoms with E-state index in [1.807, 2.05) is 0 Å². The Morgan fingerprint density at radius 3 is 3.29 bits per heavy atom. The summed E-state index contributed by atoms with van der Waals surface area (Å²) in [5.74, 6) is 0.252. The monoisotopic (exact) mass is 212 g/mol. The highest BCUT2D eigenvalue weighted by Crippen LogP contribution is 2.23. The molecule has 0 aromatic carbocycles. The lowest BCUT2D eigenvalue weighted by Crippen LogP contribution is -2.22. The van der Waals surface area contributed by atoms with Gasteiger partial charge in [-0.15, -0.1) is 11.6 Å². The molecule has 1 aliphatic rings. The van der Waals surface area contributed by atoms with Crippen LogP contribution in [0.15, 0.2) is 18.3 Å². The van der Waals surface area contributed by atoms with Gasteiger partial charge >= 0.3 is 0 Å². The third-order valence-electron chi connectivity index (χ3n) is 1.96. The van der Waals surface area contributed by atoms with Gasteiger partial charge in [0.05, 0.1) is 12.2 Å². The fraction of sp³-hybridized carbons (Fsp3) is 0.333. The second-order valence-corrected chi connectivity index (χ2v) is 3.23. The van der Waals surface area contributed by atoms with Crippen molar-refractivity contribution in [3.8, 4) is 0 Å². The van der Waals surface area contributed by atoms with Gasteiger partial charge in [0.2, 0.25) is 0 Å². The number of alkyl halides is 1. The van der Waals surface area contributed by atoms with E-state index in [1.165, 1.54) is 0 Å². The van der Waals surface area contributed by atoms with Crippen LogP contribution in [0.3, 0.4) is 0 Å². The largest absolute Gasteiger partial charge is 0.351 e. The zero-order chi connectivity index (χ0) is 9.97. The van der Waals surface area contributed by atoms with Crippen molar-refractivity contribution < 1.29 is 9.53 Å². The first-order valence-electron chi connectivity index (χ1n) is 4.26. The average Bonchev–Trinajstić information content (AvgIpc) is 2.54. The van der Waals surface area contributed by atoms with E-state index in [-0.39, 0.29) is 5.91 Å². The molecular weight excluding hydrogens is 204 g/mol. The van der Waals surface area contributed by atoms with Gasteiger partial charge in [-0.05, 0) is 12.1 Å². The number of pyridine rings is 1. The van der Waals surface area contributed by atoms with Gasteiger partial charge in [0.25, 0.3) is 5.91 Å². The van der Waals surface area contributed by atoms with Gasteiger partial charge in [0.1, 0.15) is 5.69 Å². The lowest BCUT2D eigenvalue weighted by Gasteiger charge is -2.10. The standard InChI is InChI=1S/C9H9ClN2O2/c10-3-5-14-9-7-6(8(13)12-9)2-1-4-11-7/h1-2,4,9H,3,5H2,(H,12,13). The number of amides is 1. The Balaban J connectivity index is 2.21. The highest BCUT2D eigenvalue weighted by atomic mass is 35.5. The number of carbonyl (C=O) groups excluding carboxylic acids is 1. The summed E-state index contributed by atoms with van der Waals surface area (Å²) in [6.07, 6.45) is 1.19. The number of nitrogens with one attached hydrogen (secondary N) is 1. The van der Waals surface area contributed by atoms with Crippen molar-refractivity contribution in [2.45, 2.75) is 6.23 Å². The summed E-state index contributed by atoms with van der Waals surface area (Å²) >= 11 is 5.49. The number of carbonyl (C=O) groups is 1. The molecule has 14 heavy (non-hydrogen) atoms. The Hall–Kier alpha value is -1.13. The number of nitrogens with zero attached hydrogens (tertiary/aromatic N) is 1. The van der Waals surface area contributed by atoms with Crippen LogP contribution in [0.5, 0.6) is 0 Å². The molecule has 0 saturated carbocycles. The molecule has 4 nitrogen and oxygen atoms in total. The van der Waals surface area contributed by atoms with Gasteiger partial charge in [0, 0.05) is 12.1 Å². The second-order valence-electron chi connectivity index (χ2n) is 2.85. The minimum atomic E-state index is -0.447. The van der Waals surface area contributed by atoms with E-state index in [9.17, 15) is 4.79 Å². The molecule has 1 aromatic heterocycles. The Labute approximate surface area is 86.2 Å². The van der Waals surface area contributed by atoms with Gasteiger partial charge in [-0.2, -0.15) is 0 Å². The van der Waals surface area contributed by atoms with Crippen LogP contribution < -0.4 is 5.32 Å². The quantitative estimate of drug-likeness (QED) is 0.763. The van der Waals surface area contributed by atoms with Crippen LogP contribution in [-0.4, -0.2) is 23.4 Å². The van der Waals surface area contributed by atoms with Crippen molar-refractivity contribution in [1.29, 1.82) is 0 Å². The number of ether oxygens (including phenoxy) is 1. The highest BCUT2D eigenvalue weighted by Gasteiger charge is 2.29. The molecule has 1 N–H and O–H groups in total. The first kappa shape index (κ1) is 9.43. The highest BCUT2D eigenvalue weighted by molar-refractivity contribution is 6.17. The van der Waals surface area contributed by atoms with Crippen LogP contribution in [0.25, 0.3) is 0 Å². The van der Waals surface area contributed by atoms with E-state index in [0.29, 0.717) is 23.7 Å². The minimum absolute atomic E-state index is 0.146. The molecule has 0 radical (unpaired) electrons. The molecule has 0 spiro atoms. The van der Waals surface area contributed by atoms with Crippen molar-refractivity contribution in [3.63, 3.8) is 0 Å². The molecule has 1 aromatic rings. The number of hydrogen-bond donors (Lipinski definition) is 1. The predicted octanol–water partition coefficient (Wildman–Crippen LogP) is 1.08. The fourth-order valence-corrected chi connectivity index (χ4v) is 1.46. The number of hydrogen-bond acceptors (Lipinski definition) is 3. The zero-order valence-electron chi connectivity index (χ0n) is 7.37. The molecule has 2 rings (SSSR count). The van der Waals surface area contributed by atoms with Gasteiger partial charge < -0.3 is 10.1 Å². The lowest BCUT2D eigenvalue weighted by atomic mass is 10.2. The third-order valence-corrected chi connectivity index (χ3v) is 2.11. The minimum Gasteiger partial charge on any atom is -0.351 e. The van der Waals surface area contributed by atoms with Crippen LogP contribution in [-0.2, 0) is 4.74 Å². The summed E-state index contributed by atoms with van der Waals surface area (Å²) in [6, 6.07) is 3.45. The van der Waals surface area contributed by atoms with Gasteiger partial charge in [-0.25, -0.2) is 0 Å². The van der Waals surface area contributed by atoms with Crippen molar-refractivity contribution in [2.24, 2.45) is 0 Å². The normalized spacial score (nSPS) is 19.2. The summed E-state index contributed by atoms with van der Waals surface area (Å²) in [5.41, 5.74) is 1.22. The molecule has 1 unspecified atom stereocenters. The molecule has 0 fully saturated rings. The van der Waals surface area contributed by atoms with E-state index in [1.54, 1.807) is 18.3 Å². The second kappa shape index (κ2) is 3.94. The molecule has 2 heterocycles. The zero-order valence-corrected chi connectivity index (χ0v) is 8.12. The molecule has 0 bridgehead atoms. The van der Waals surface area contributed by atoms with Gasteiger partial charge in [-0.1, -0.05) is 0 Å². The van der Waals surface area contributed by atoms with Crippen molar-refractivity contribution in [2.75, 3.05) is 12.5 Å². The van der Waals surface area contributed by atoms with E-state index in [2.05, 4.69) is 10.3 Å². The van der Waals surface area contributed by atoms with E-state index >= 15 is 0 Å². The average molecular weight is 213 g/mol. The first-order chi connectivity index (χ1) is 6.83. The van der Waals surface area contributed by atoms with E-state index in [4.69, 9.17) is 16.3 Å². The number of halogens is 1. The first-order valence-corrected chi connectivity index (χ1v) is 4.79. The predicted molar refractivity (Wildman–Crippen MR) is 51.1 cm³/mol. The molecule has 74 valence electrons. The summed E-state index contributed by atoms with van der Waals surface area (Å²) in [7, 11) is 0.